The van der Waals surface area contributed by atoms with E-state index < -0.39 is 0 Å². The maximum Gasteiger partial charge on any atom is 0.0809 e. The van der Waals surface area contributed by atoms with E-state index in [9.17, 15) is 0 Å². The third-order valence-corrected chi connectivity index (χ3v) is 1.88. The minimum absolute atomic E-state index is 0.545. The Morgan fingerprint density at radius 3 is 2.44 bits per heavy atom. The van der Waals surface area contributed by atoms with E-state index in [0.717, 1.165) is 0 Å². The van der Waals surface area contributed by atoms with Crippen molar-refractivity contribution in [3.05, 3.63) is 6.61 Å². The van der Waals surface area contributed by atoms with Gasteiger partial charge in [0.15, 0.2) is 0 Å². The van der Waals surface area contributed by atoms with Crippen LogP contribution in [0.15, 0.2) is 0 Å². The Kier molecular flexibility index (Phi) is 3.05. The van der Waals surface area contributed by atoms with Crippen molar-refractivity contribution in [3.8, 4) is 0 Å². The Hall–Kier alpha value is -0.0400. The third kappa shape index (κ3) is 2.35. The van der Waals surface area contributed by atoms with Gasteiger partial charge in [0.1, 0.15) is 0 Å². The second kappa shape index (κ2) is 3.89. The van der Waals surface area contributed by atoms with Gasteiger partial charge in [-0.2, -0.15) is 0 Å². The Balaban J connectivity index is 2.08. The summed E-state index contributed by atoms with van der Waals surface area (Å²) >= 11 is 0. The van der Waals surface area contributed by atoms with Crippen LogP contribution in [0.4, 0.5) is 0 Å². The summed E-state index contributed by atoms with van der Waals surface area (Å²) in [4.78, 5) is 0. The Bertz CT molecular complexity index is 62.2. The Morgan fingerprint density at radius 2 is 1.89 bits per heavy atom. The van der Waals surface area contributed by atoms with E-state index >= 15 is 0 Å². The molecule has 1 saturated carbocycles. The molecule has 1 fully saturated rings. The minimum Gasteiger partial charge on any atom is -0.373 e. The van der Waals surface area contributed by atoms with Crippen molar-refractivity contribution in [1.82, 2.24) is 0 Å². The van der Waals surface area contributed by atoms with Crippen LogP contribution in [-0.4, -0.2) is 6.10 Å². The van der Waals surface area contributed by atoms with E-state index in [1.807, 2.05) is 13.5 Å². The first kappa shape index (κ1) is 7.07. The van der Waals surface area contributed by atoms with Crippen LogP contribution in [-0.2, 0) is 4.74 Å². The van der Waals surface area contributed by atoms with Gasteiger partial charge in [-0.15, -0.1) is 0 Å². The van der Waals surface area contributed by atoms with Gasteiger partial charge in [-0.05, 0) is 19.8 Å². The van der Waals surface area contributed by atoms with Gasteiger partial charge in [0.25, 0.3) is 0 Å². The number of rotatable bonds is 2. The molecular weight excluding hydrogens is 112 g/mol. The molecule has 0 bridgehead atoms. The molecule has 0 aromatic rings. The van der Waals surface area contributed by atoms with Crippen LogP contribution >= 0.6 is 0 Å². The molecule has 9 heavy (non-hydrogen) atoms. The summed E-state index contributed by atoms with van der Waals surface area (Å²) in [5.41, 5.74) is 0. The van der Waals surface area contributed by atoms with Crippen molar-refractivity contribution in [2.45, 2.75) is 45.1 Å². The molecular formula is C8H15O. The molecule has 1 radical (unpaired) electrons. The summed E-state index contributed by atoms with van der Waals surface area (Å²) in [7, 11) is 0. The highest BCUT2D eigenvalue weighted by Gasteiger charge is 2.11. The molecule has 0 aliphatic heterocycles. The van der Waals surface area contributed by atoms with E-state index in [2.05, 4.69) is 0 Å². The van der Waals surface area contributed by atoms with Crippen molar-refractivity contribution in [3.63, 3.8) is 0 Å². The molecule has 0 atom stereocenters. The summed E-state index contributed by atoms with van der Waals surface area (Å²) in [6.07, 6.45) is 7.21. The van der Waals surface area contributed by atoms with E-state index in [0.29, 0.717) is 6.10 Å². The largest absolute Gasteiger partial charge is 0.373 e. The Morgan fingerprint density at radius 1 is 1.22 bits per heavy atom. The van der Waals surface area contributed by atoms with Crippen LogP contribution in [0.5, 0.6) is 0 Å². The number of hydrogen-bond donors (Lipinski definition) is 0. The molecule has 0 aromatic heterocycles. The molecule has 0 amide bonds. The quantitative estimate of drug-likeness (QED) is 0.553. The SMILES string of the molecule is C[CH]OC1CCCCC1. The van der Waals surface area contributed by atoms with Gasteiger partial charge in [-0.1, -0.05) is 19.3 Å². The van der Waals surface area contributed by atoms with E-state index in [1.165, 1.54) is 32.1 Å². The molecule has 0 N–H and O–H groups in total. The van der Waals surface area contributed by atoms with Gasteiger partial charge < -0.3 is 4.74 Å². The average molecular weight is 127 g/mol. The first-order chi connectivity index (χ1) is 4.43. The number of hydrogen-bond acceptors (Lipinski definition) is 1. The predicted molar refractivity (Wildman–Crippen MR) is 37.9 cm³/mol. The van der Waals surface area contributed by atoms with E-state index in [-0.39, 0.29) is 0 Å². The highest BCUT2D eigenvalue weighted by Crippen LogP contribution is 2.20. The van der Waals surface area contributed by atoms with Gasteiger partial charge in [-0.3, -0.25) is 0 Å². The summed E-state index contributed by atoms with van der Waals surface area (Å²) in [6, 6.07) is 0. The van der Waals surface area contributed by atoms with Gasteiger partial charge in [-0.25, -0.2) is 0 Å². The van der Waals surface area contributed by atoms with Crippen molar-refractivity contribution >= 4 is 0 Å². The minimum atomic E-state index is 0.545. The lowest BCUT2D eigenvalue weighted by Gasteiger charge is -2.20. The fourth-order valence-corrected chi connectivity index (χ4v) is 1.39. The highest BCUT2D eigenvalue weighted by molar-refractivity contribution is 4.65. The van der Waals surface area contributed by atoms with Gasteiger partial charge in [0, 0.05) is 0 Å². The molecule has 1 aliphatic rings. The van der Waals surface area contributed by atoms with Crippen molar-refractivity contribution in [2.75, 3.05) is 0 Å². The van der Waals surface area contributed by atoms with Crippen LogP contribution in [0.2, 0.25) is 0 Å². The van der Waals surface area contributed by atoms with Gasteiger partial charge in [0.2, 0.25) is 0 Å². The van der Waals surface area contributed by atoms with Gasteiger partial charge >= 0.3 is 0 Å². The van der Waals surface area contributed by atoms with Crippen LogP contribution in [0.25, 0.3) is 0 Å². The van der Waals surface area contributed by atoms with Crippen LogP contribution in [0.1, 0.15) is 39.0 Å². The molecule has 0 unspecified atom stereocenters. The maximum absolute atomic E-state index is 5.36. The first-order valence-corrected chi connectivity index (χ1v) is 3.87. The fraction of sp³-hybridized carbons (Fsp3) is 0.875. The zero-order chi connectivity index (χ0) is 6.53. The molecule has 53 valence electrons. The molecule has 0 heterocycles. The zero-order valence-electron chi connectivity index (χ0n) is 6.10. The molecule has 1 rings (SSSR count). The predicted octanol–water partition coefficient (Wildman–Crippen LogP) is 2.52. The second-order valence-electron chi connectivity index (χ2n) is 2.63. The molecule has 1 aliphatic carbocycles. The number of ether oxygens (including phenoxy) is 1. The fourth-order valence-electron chi connectivity index (χ4n) is 1.39. The normalized spacial score (nSPS) is 22.3. The molecule has 0 saturated heterocycles. The monoisotopic (exact) mass is 127 g/mol. The van der Waals surface area contributed by atoms with E-state index in [1.54, 1.807) is 0 Å². The van der Waals surface area contributed by atoms with Crippen LogP contribution in [0, 0.1) is 6.61 Å². The summed E-state index contributed by atoms with van der Waals surface area (Å²) in [5, 5.41) is 0. The summed E-state index contributed by atoms with van der Waals surface area (Å²) < 4.78 is 5.36. The maximum atomic E-state index is 5.36. The molecule has 1 nitrogen and oxygen atoms in total. The van der Waals surface area contributed by atoms with Crippen molar-refractivity contribution < 1.29 is 4.74 Å². The smallest absolute Gasteiger partial charge is 0.0809 e. The first-order valence-electron chi connectivity index (χ1n) is 3.87. The third-order valence-electron chi connectivity index (χ3n) is 1.88. The van der Waals surface area contributed by atoms with Crippen molar-refractivity contribution in [2.24, 2.45) is 0 Å². The zero-order valence-corrected chi connectivity index (χ0v) is 6.10. The Labute approximate surface area is 57.4 Å². The van der Waals surface area contributed by atoms with Crippen molar-refractivity contribution in [1.29, 1.82) is 0 Å². The van der Waals surface area contributed by atoms with E-state index in [4.69, 9.17) is 4.74 Å². The lowest BCUT2D eigenvalue weighted by molar-refractivity contribution is 0.0765. The standard InChI is InChI=1S/C8H15O/c1-2-9-8-6-4-3-5-7-8/h2,8H,3-7H2,1H3. The highest BCUT2D eigenvalue weighted by atomic mass is 16.5. The summed E-state index contributed by atoms with van der Waals surface area (Å²) in [5.74, 6) is 0. The lowest BCUT2D eigenvalue weighted by atomic mass is 9.98. The molecule has 0 spiro atoms. The second-order valence-corrected chi connectivity index (χ2v) is 2.63. The lowest BCUT2D eigenvalue weighted by Crippen LogP contribution is -2.14. The molecule has 1 heteroatoms. The summed E-state index contributed by atoms with van der Waals surface area (Å²) in [6.45, 7) is 3.77. The van der Waals surface area contributed by atoms with Crippen LogP contribution in [0.3, 0.4) is 0 Å². The topological polar surface area (TPSA) is 9.23 Å². The molecule has 0 aromatic carbocycles. The van der Waals surface area contributed by atoms with Gasteiger partial charge in [0.05, 0.1) is 12.7 Å². The average Bonchev–Trinajstić information content (AvgIpc) is 1.91. The van der Waals surface area contributed by atoms with Crippen LogP contribution < -0.4 is 0 Å².